The van der Waals surface area contributed by atoms with Gasteiger partial charge < -0.3 is 9.88 Å². The lowest BCUT2D eigenvalue weighted by Gasteiger charge is -2.12. The molecule has 0 bridgehead atoms. The van der Waals surface area contributed by atoms with Crippen LogP contribution in [-0.4, -0.2) is 38.0 Å². The number of halogens is 1. The van der Waals surface area contributed by atoms with E-state index in [4.69, 9.17) is 0 Å². The van der Waals surface area contributed by atoms with Crippen molar-refractivity contribution in [2.75, 3.05) is 11.9 Å². The molecule has 3 aromatic rings. The summed E-state index contributed by atoms with van der Waals surface area (Å²) in [6.07, 6.45) is 3.40. The standard InChI is InChI=1S/C24H21FN4O3S/c1-14-7-8-26-21(9-14)29-15(2)10-17(16(29)3)11-20-23(31)28(24(32)33-20)13-22(30)27-19-6-4-5-18(25)12-19/h4-12H,13H2,1-3H3,(H,27,30)/b20-11+. The molecule has 0 atom stereocenters. The summed E-state index contributed by atoms with van der Waals surface area (Å²) >= 11 is 0.783. The van der Waals surface area contributed by atoms with E-state index in [1.54, 1.807) is 12.3 Å². The third-order valence-electron chi connectivity index (χ3n) is 5.17. The van der Waals surface area contributed by atoms with Crippen molar-refractivity contribution < 1.29 is 18.8 Å². The maximum Gasteiger partial charge on any atom is 0.294 e. The molecule has 33 heavy (non-hydrogen) atoms. The Morgan fingerprint density at radius 1 is 1.15 bits per heavy atom. The number of anilines is 1. The van der Waals surface area contributed by atoms with Crippen LogP contribution in [-0.2, 0) is 9.59 Å². The lowest BCUT2D eigenvalue weighted by atomic mass is 10.2. The largest absolute Gasteiger partial charge is 0.324 e. The van der Waals surface area contributed by atoms with E-state index in [-0.39, 0.29) is 10.6 Å². The van der Waals surface area contributed by atoms with Gasteiger partial charge in [-0.15, -0.1) is 0 Å². The zero-order valence-electron chi connectivity index (χ0n) is 18.3. The molecule has 9 heteroatoms. The van der Waals surface area contributed by atoms with Gasteiger partial charge >= 0.3 is 0 Å². The Morgan fingerprint density at radius 2 is 1.94 bits per heavy atom. The van der Waals surface area contributed by atoms with Crippen LogP contribution in [0.5, 0.6) is 0 Å². The lowest BCUT2D eigenvalue weighted by molar-refractivity contribution is -0.127. The molecule has 3 heterocycles. The molecular weight excluding hydrogens is 443 g/mol. The molecular formula is C24H21FN4O3S. The summed E-state index contributed by atoms with van der Waals surface area (Å²) in [5, 5.41) is 1.96. The van der Waals surface area contributed by atoms with Crippen LogP contribution in [0.1, 0.15) is 22.5 Å². The maximum absolute atomic E-state index is 13.3. The highest BCUT2D eigenvalue weighted by Gasteiger charge is 2.36. The van der Waals surface area contributed by atoms with E-state index < -0.39 is 29.4 Å². The number of carbonyl (C=O) groups is 3. The van der Waals surface area contributed by atoms with Crippen molar-refractivity contribution in [2.24, 2.45) is 0 Å². The first kappa shape index (κ1) is 22.5. The van der Waals surface area contributed by atoms with Crippen molar-refractivity contribution in [1.82, 2.24) is 14.5 Å². The number of amides is 3. The maximum atomic E-state index is 13.3. The average Bonchev–Trinajstić information content (AvgIpc) is 3.17. The monoisotopic (exact) mass is 464 g/mol. The van der Waals surface area contributed by atoms with Gasteiger partial charge in [-0.05, 0) is 86.1 Å². The van der Waals surface area contributed by atoms with Gasteiger partial charge in [0.2, 0.25) is 5.91 Å². The van der Waals surface area contributed by atoms with E-state index in [1.165, 1.54) is 18.2 Å². The van der Waals surface area contributed by atoms with Crippen molar-refractivity contribution in [3.05, 3.63) is 81.9 Å². The normalized spacial score (nSPS) is 14.9. The topological polar surface area (TPSA) is 84.3 Å². The molecule has 3 amide bonds. The fourth-order valence-electron chi connectivity index (χ4n) is 3.62. The molecule has 1 N–H and O–H groups in total. The van der Waals surface area contributed by atoms with Crippen LogP contribution in [0.25, 0.3) is 11.9 Å². The van der Waals surface area contributed by atoms with Gasteiger partial charge in [-0.1, -0.05) is 6.07 Å². The van der Waals surface area contributed by atoms with Crippen molar-refractivity contribution in [1.29, 1.82) is 0 Å². The van der Waals surface area contributed by atoms with Gasteiger partial charge in [0.25, 0.3) is 11.1 Å². The van der Waals surface area contributed by atoms with E-state index in [0.29, 0.717) is 0 Å². The second kappa shape index (κ2) is 9.03. The molecule has 1 aliphatic heterocycles. The number of aromatic nitrogens is 2. The molecule has 1 saturated heterocycles. The van der Waals surface area contributed by atoms with Crippen molar-refractivity contribution in [2.45, 2.75) is 20.8 Å². The summed E-state index contributed by atoms with van der Waals surface area (Å²) in [6, 6.07) is 11.2. The van der Waals surface area contributed by atoms with Gasteiger partial charge in [0, 0.05) is 23.3 Å². The minimum atomic E-state index is -0.590. The SMILES string of the molecule is Cc1ccnc(-n2c(C)cc(/C=C3/SC(=O)N(CC(=O)Nc4cccc(F)c4)C3=O)c2C)c1. The van der Waals surface area contributed by atoms with Crippen LogP contribution in [0.3, 0.4) is 0 Å². The zero-order chi connectivity index (χ0) is 23.7. The molecule has 1 fully saturated rings. The molecule has 0 aliphatic carbocycles. The van der Waals surface area contributed by atoms with Crippen LogP contribution < -0.4 is 5.32 Å². The number of carbonyl (C=O) groups excluding carboxylic acids is 3. The smallest absolute Gasteiger partial charge is 0.294 e. The number of aryl methyl sites for hydroxylation is 2. The summed E-state index contributed by atoms with van der Waals surface area (Å²) in [5.74, 6) is -0.863. The zero-order valence-corrected chi connectivity index (χ0v) is 19.1. The van der Waals surface area contributed by atoms with Gasteiger partial charge in [0.1, 0.15) is 18.2 Å². The number of rotatable bonds is 5. The minimum Gasteiger partial charge on any atom is -0.324 e. The Hall–Kier alpha value is -3.72. The first-order valence-electron chi connectivity index (χ1n) is 10.2. The minimum absolute atomic E-state index is 0.232. The summed E-state index contributed by atoms with van der Waals surface area (Å²) in [6.45, 7) is 5.39. The summed E-state index contributed by atoms with van der Waals surface area (Å²) in [7, 11) is 0. The van der Waals surface area contributed by atoms with Crippen LogP contribution >= 0.6 is 11.8 Å². The Kier molecular flexibility index (Phi) is 6.15. The molecule has 0 spiro atoms. The Labute approximate surface area is 194 Å². The molecule has 1 aliphatic rings. The van der Waals surface area contributed by atoms with Crippen LogP contribution in [0.4, 0.5) is 14.9 Å². The predicted octanol–water partition coefficient (Wildman–Crippen LogP) is 4.61. The highest BCUT2D eigenvalue weighted by atomic mass is 32.2. The second-order valence-corrected chi connectivity index (χ2v) is 8.67. The molecule has 0 radical (unpaired) electrons. The first-order chi connectivity index (χ1) is 15.7. The van der Waals surface area contributed by atoms with E-state index in [9.17, 15) is 18.8 Å². The van der Waals surface area contributed by atoms with Gasteiger partial charge in [0.05, 0.1) is 4.91 Å². The summed E-state index contributed by atoms with van der Waals surface area (Å²) < 4.78 is 15.3. The number of nitrogens with zero attached hydrogens (tertiary/aromatic N) is 3. The van der Waals surface area contributed by atoms with Gasteiger partial charge in [-0.25, -0.2) is 9.37 Å². The summed E-state index contributed by atoms with van der Waals surface area (Å²) in [4.78, 5) is 43.1. The third kappa shape index (κ3) is 4.73. The molecule has 168 valence electrons. The van der Waals surface area contributed by atoms with E-state index >= 15 is 0 Å². The highest BCUT2D eigenvalue weighted by Crippen LogP contribution is 2.33. The molecule has 1 aromatic carbocycles. The Morgan fingerprint density at radius 3 is 2.67 bits per heavy atom. The molecule has 0 unspecified atom stereocenters. The Balaban J connectivity index is 1.53. The highest BCUT2D eigenvalue weighted by molar-refractivity contribution is 8.18. The van der Waals surface area contributed by atoms with E-state index in [2.05, 4.69) is 10.3 Å². The number of nitrogens with one attached hydrogen (secondary N) is 1. The van der Waals surface area contributed by atoms with Crippen LogP contribution in [0, 0.1) is 26.6 Å². The van der Waals surface area contributed by atoms with Crippen molar-refractivity contribution in [3.63, 3.8) is 0 Å². The van der Waals surface area contributed by atoms with E-state index in [1.807, 2.05) is 43.5 Å². The quantitative estimate of drug-likeness (QED) is 0.558. The average molecular weight is 465 g/mol. The number of imide groups is 1. The number of hydrogen-bond donors (Lipinski definition) is 1. The van der Waals surface area contributed by atoms with Crippen LogP contribution in [0.15, 0.2) is 53.6 Å². The fourth-order valence-corrected chi connectivity index (χ4v) is 4.45. The first-order valence-corrected chi connectivity index (χ1v) is 11.0. The van der Waals surface area contributed by atoms with Gasteiger partial charge in [-0.3, -0.25) is 19.3 Å². The Bertz CT molecular complexity index is 1310. The molecule has 4 rings (SSSR count). The third-order valence-corrected chi connectivity index (χ3v) is 6.08. The number of thioether (sulfide) groups is 1. The van der Waals surface area contributed by atoms with Crippen LogP contribution in [0.2, 0.25) is 0 Å². The number of pyridine rings is 1. The van der Waals surface area contributed by atoms with Crippen molar-refractivity contribution >= 4 is 40.6 Å². The summed E-state index contributed by atoms with van der Waals surface area (Å²) in [5.41, 5.74) is 3.92. The molecule has 7 nitrogen and oxygen atoms in total. The van der Waals surface area contributed by atoms with Gasteiger partial charge in [-0.2, -0.15) is 0 Å². The number of benzene rings is 1. The molecule has 0 saturated carbocycles. The van der Waals surface area contributed by atoms with Gasteiger partial charge in [0.15, 0.2) is 0 Å². The fraction of sp³-hybridized carbons (Fsp3) is 0.167. The van der Waals surface area contributed by atoms with Crippen molar-refractivity contribution in [3.8, 4) is 5.82 Å². The number of hydrogen-bond acceptors (Lipinski definition) is 5. The van der Waals surface area contributed by atoms with E-state index in [0.717, 1.165) is 51.1 Å². The molecule has 2 aromatic heterocycles. The predicted molar refractivity (Wildman–Crippen MR) is 125 cm³/mol. The lowest BCUT2D eigenvalue weighted by Crippen LogP contribution is -2.36. The second-order valence-electron chi connectivity index (χ2n) is 7.68.